The number of carbonyl (C=O) groups is 2. The smallest absolute Gasteiger partial charge is 0.253 e. The second-order valence-electron chi connectivity index (χ2n) is 6.23. The zero-order chi connectivity index (χ0) is 16.9. The number of carbonyl (C=O) groups excluding carboxylic acids is 2. The highest BCUT2D eigenvalue weighted by molar-refractivity contribution is 6.03. The lowest BCUT2D eigenvalue weighted by Crippen LogP contribution is -2.22. The Morgan fingerprint density at radius 2 is 1.71 bits per heavy atom. The van der Waals surface area contributed by atoms with Gasteiger partial charge in [-0.2, -0.15) is 0 Å². The molecule has 2 amide bonds. The molecule has 2 N–H and O–H groups in total. The number of rotatable bonds is 6. The van der Waals surface area contributed by atoms with Gasteiger partial charge in [0, 0.05) is 13.5 Å². The van der Waals surface area contributed by atoms with Gasteiger partial charge in [0.25, 0.3) is 5.91 Å². The van der Waals surface area contributed by atoms with Crippen molar-refractivity contribution >= 4 is 17.5 Å². The van der Waals surface area contributed by atoms with E-state index in [-0.39, 0.29) is 17.7 Å². The summed E-state index contributed by atoms with van der Waals surface area (Å²) in [7, 11) is 1.58. The molecule has 0 aromatic heterocycles. The lowest BCUT2D eigenvalue weighted by Gasteiger charge is -2.17. The first-order chi connectivity index (χ1) is 11.7. The van der Waals surface area contributed by atoms with E-state index in [2.05, 4.69) is 22.8 Å². The first-order valence-corrected chi connectivity index (χ1v) is 8.35. The van der Waals surface area contributed by atoms with Gasteiger partial charge < -0.3 is 10.6 Å². The largest absolute Gasteiger partial charge is 0.355 e. The number of hydrogen-bond acceptors (Lipinski definition) is 2. The van der Waals surface area contributed by atoms with Crippen molar-refractivity contribution in [2.24, 2.45) is 5.92 Å². The topological polar surface area (TPSA) is 58.2 Å². The Labute approximate surface area is 142 Å². The highest BCUT2D eigenvalue weighted by Gasteiger charge is 2.33. The molecule has 0 bridgehead atoms. The van der Waals surface area contributed by atoms with Crippen LogP contribution in [0.3, 0.4) is 0 Å². The van der Waals surface area contributed by atoms with E-state index < -0.39 is 0 Å². The summed E-state index contributed by atoms with van der Waals surface area (Å²) in [5.41, 5.74) is 2.26. The summed E-state index contributed by atoms with van der Waals surface area (Å²) < 4.78 is 0. The molecule has 1 unspecified atom stereocenters. The lowest BCUT2D eigenvalue weighted by atomic mass is 9.90. The molecule has 1 fully saturated rings. The summed E-state index contributed by atoms with van der Waals surface area (Å²) in [6.45, 7) is 0. The third-order valence-electron chi connectivity index (χ3n) is 4.50. The van der Waals surface area contributed by atoms with Crippen molar-refractivity contribution < 1.29 is 9.59 Å². The van der Waals surface area contributed by atoms with Crippen LogP contribution in [0.5, 0.6) is 0 Å². The van der Waals surface area contributed by atoms with Crippen LogP contribution in [0.4, 0.5) is 5.69 Å². The molecule has 0 radical (unpaired) electrons. The van der Waals surface area contributed by atoms with Gasteiger partial charge in [-0.15, -0.1) is 0 Å². The van der Waals surface area contributed by atoms with E-state index in [1.165, 1.54) is 18.4 Å². The lowest BCUT2D eigenvalue weighted by molar-refractivity contribution is -0.116. The molecule has 4 heteroatoms. The third kappa shape index (κ3) is 3.82. The predicted molar refractivity (Wildman–Crippen MR) is 95.0 cm³/mol. The van der Waals surface area contributed by atoms with Crippen LogP contribution >= 0.6 is 0 Å². The van der Waals surface area contributed by atoms with Gasteiger partial charge in [0.2, 0.25) is 5.91 Å². The molecule has 2 aromatic rings. The summed E-state index contributed by atoms with van der Waals surface area (Å²) in [4.78, 5) is 24.5. The van der Waals surface area contributed by atoms with Gasteiger partial charge in [-0.3, -0.25) is 9.59 Å². The Morgan fingerprint density at radius 1 is 1.04 bits per heavy atom. The second-order valence-corrected chi connectivity index (χ2v) is 6.23. The van der Waals surface area contributed by atoms with E-state index in [4.69, 9.17) is 0 Å². The van der Waals surface area contributed by atoms with Crippen molar-refractivity contribution in [2.45, 2.75) is 25.2 Å². The van der Waals surface area contributed by atoms with Crippen molar-refractivity contribution in [2.75, 3.05) is 12.4 Å². The minimum absolute atomic E-state index is 0.0490. The van der Waals surface area contributed by atoms with Crippen LogP contribution in [0.25, 0.3) is 0 Å². The first kappa shape index (κ1) is 16.2. The van der Waals surface area contributed by atoms with Crippen molar-refractivity contribution in [3.05, 3.63) is 65.7 Å². The molecule has 124 valence electrons. The fourth-order valence-corrected chi connectivity index (χ4v) is 3.08. The third-order valence-corrected chi connectivity index (χ3v) is 4.50. The summed E-state index contributed by atoms with van der Waals surface area (Å²) in [6, 6.07) is 17.3. The number of hydrogen-bond donors (Lipinski definition) is 2. The number of para-hydroxylation sites is 1. The Kier molecular flexibility index (Phi) is 4.94. The molecule has 1 aliphatic carbocycles. The zero-order valence-electron chi connectivity index (χ0n) is 13.8. The molecule has 1 atom stereocenters. The molecule has 4 nitrogen and oxygen atoms in total. The van der Waals surface area contributed by atoms with E-state index >= 15 is 0 Å². The van der Waals surface area contributed by atoms with Gasteiger partial charge in [0.15, 0.2) is 0 Å². The normalized spacial score (nSPS) is 14.7. The quantitative estimate of drug-likeness (QED) is 0.854. The summed E-state index contributed by atoms with van der Waals surface area (Å²) in [6.07, 6.45) is 2.81. The molecule has 0 aliphatic heterocycles. The van der Waals surface area contributed by atoms with E-state index in [1.54, 1.807) is 25.2 Å². The average molecular weight is 322 g/mol. The Balaban J connectivity index is 1.72. The fraction of sp³-hybridized carbons (Fsp3) is 0.300. The van der Waals surface area contributed by atoms with Crippen LogP contribution in [0, 0.1) is 5.92 Å². The summed E-state index contributed by atoms with van der Waals surface area (Å²) >= 11 is 0. The number of benzene rings is 2. The van der Waals surface area contributed by atoms with Gasteiger partial charge in [0.05, 0.1) is 11.3 Å². The van der Waals surface area contributed by atoms with Crippen LogP contribution in [-0.4, -0.2) is 18.9 Å². The van der Waals surface area contributed by atoms with E-state index in [9.17, 15) is 9.59 Å². The van der Waals surface area contributed by atoms with Crippen LogP contribution < -0.4 is 10.6 Å². The Bertz CT molecular complexity index is 723. The molecule has 1 aliphatic rings. The molecular formula is C20H22N2O2. The maximum atomic E-state index is 12.5. The summed E-state index contributed by atoms with van der Waals surface area (Å²) in [5.74, 6) is 0.588. The minimum atomic E-state index is -0.201. The molecule has 0 spiro atoms. The maximum absolute atomic E-state index is 12.5. The molecule has 2 aromatic carbocycles. The van der Waals surface area contributed by atoms with Crippen LogP contribution in [-0.2, 0) is 4.79 Å². The minimum Gasteiger partial charge on any atom is -0.355 e. The van der Waals surface area contributed by atoms with Crippen molar-refractivity contribution in [3.8, 4) is 0 Å². The number of amides is 2. The van der Waals surface area contributed by atoms with Crippen molar-refractivity contribution in [1.29, 1.82) is 0 Å². The molecule has 1 saturated carbocycles. The Morgan fingerprint density at radius 3 is 2.38 bits per heavy atom. The maximum Gasteiger partial charge on any atom is 0.253 e. The van der Waals surface area contributed by atoms with Gasteiger partial charge in [-0.1, -0.05) is 42.5 Å². The highest BCUT2D eigenvalue weighted by Crippen LogP contribution is 2.44. The van der Waals surface area contributed by atoms with Crippen molar-refractivity contribution in [3.63, 3.8) is 0 Å². The molecule has 0 heterocycles. The highest BCUT2D eigenvalue weighted by atomic mass is 16.2. The first-order valence-electron chi connectivity index (χ1n) is 8.35. The second kappa shape index (κ2) is 7.30. The van der Waals surface area contributed by atoms with E-state index in [0.29, 0.717) is 23.6 Å². The average Bonchev–Trinajstić information content (AvgIpc) is 3.45. The molecule has 3 rings (SSSR count). The molecule has 24 heavy (non-hydrogen) atoms. The Hall–Kier alpha value is -2.62. The van der Waals surface area contributed by atoms with Crippen LogP contribution in [0.1, 0.15) is 41.1 Å². The van der Waals surface area contributed by atoms with Crippen LogP contribution in [0.15, 0.2) is 54.6 Å². The predicted octanol–water partition coefficient (Wildman–Crippen LogP) is 3.57. The van der Waals surface area contributed by atoms with Gasteiger partial charge in [-0.05, 0) is 42.4 Å². The SMILES string of the molecule is CNC(=O)c1ccccc1NC(=O)CC(c1ccccc1)C1CC1. The fourth-order valence-electron chi connectivity index (χ4n) is 3.08. The van der Waals surface area contributed by atoms with Crippen LogP contribution in [0.2, 0.25) is 0 Å². The molecule has 0 saturated heterocycles. The summed E-state index contributed by atoms with van der Waals surface area (Å²) in [5, 5.41) is 5.51. The number of nitrogens with one attached hydrogen (secondary N) is 2. The standard InChI is InChI=1S/C20H22N2O2/c1-21-20(24)16-9-5-6-10-18(16)22-19(23)13-17(15-11-12-15)14-7-3-2-4-8-14/h2-10,15,17H,11-13H2,1H3,(H,21,24)(H,22,23). The van der Waals surface area contributed by atoms with Crippen molar-refractivity contribution in [1.82, 2.24) is 5.32 Å². The van der Waals surface area contributed by atoms with Gasteiger partial charge >= 0.3 is 0 Å². The molecular weight excluding hydrogens is 300 g/mol. The zero-order valence-corrected chi connectivity index (χ0v) is 13.8. The van der Waals surface area contributed by atoms with E-state index in [0.717, 1.165) is 0 Å². The van der Waals surface area contributed by atoms with Gasteiger partial charge in [-0.25, -0.2) is 0 Å². The number of anilines is 1. The van der Waals surface area contributed by atoms with E-state index in [1.807, 2.05) is 24.3 Å². The van der Waals surface area contributed by atoms with Gasteiger partial charge in [0.1, 0.15) is 0 Å². The monoisotopic (exact) mass is 322 g/mol.